The molecule has 1 aromatic heterocycles. The molecule has 1 N–H and O–H groups in total. The van der Waals surface area contributed by atoms with Gasteiger partial charge in [-0.2, -0.15) is 14.6 Å². The second-order valence-electron chi connectivity index (χ2n) is 8.11. The fourth-order valence-corrected chi connectivity index (χ4v) is 5.49. The molecule has 166 valence electrons. The highest BCUT2D eigenvalue weighted by Crippen LogP contribution is 2.28. The van der Waals surface area contributed by atoms with Gasteiger partial charge in [0.1, 0.15) is 6.07 Å². The molecule has 32 heavy (non-hydrogen) atoms. The molecule has 1 saturated heterocycles. The van der Waals surface area contributed by atoms with Crippen LogP contribution in [0.5, 0.6) is 0 Å². The molecule has 7 nitrogen and oxygen atoms in total. The third kappa shape index (κ3) is 4.85. The van der Waals surface area contributed by atoms with Gasteiger partial charge < -0.3 is 9.73 Å². The molecule has 8 heteroatoms. The summed E-state index contributed by atoms with van der Waals surface area (Å²) in [5, 5.41) is 12.5. The van der Waals surface area contributed by atoms with Crippen LogP contribution in [0.1, 0.15) is 31.0 Å². The highest BCUT2D eigenvalue weighted by Gasteiger charge is 2.28. The molecule has 0 bridgehead atoms. The fraction of sp³-hybridized carbons (Fsp3) is 0.333. The van der Waals surface area contributed by atoms with Crippen LogP contribution in [-0.2, 0) is 16.4 Å². The minimum atomic E-state index is -3.52. The van der Waals surface area contributed by atoms with Crippen molar-refractivity contribution in [3.63, 3.8) is 0 Å². The van der Waals surface area contributed by atoms with Crippen molar-refractivity contribution in [2.45, 2.75) is 31.1 Å². The minimum absolute atomic E-state index is 0.173. The maximum absolute atomic E-state index is 13.0. The van der Waals surface area contributed by atoms with E-state index in [1.165, 1.54) is 5.56 Å². The highest BCUT2D eigenvalue weighted by atomic mass is 32.2. The lowest BCUT2D eigenvalue weighted by Crippen LogP contribution is -2.39. The topological polar surface area (TPSA) is 99.2 Å². The van der Waals surface area contributed by atoms with Gasteiger partial charge in [0.2, 0.25) is 27.5 Å². The summed E-state index contributed by atoms with van der Waals surface area (Å²) in [6.07, 6.45) is 2.72. The van der Waals surface area contributed by atoms with Gasteiger partial charge in [-0.25, -0.2) is 8.42 Å². The van der Waals surface area contributed by atoms with Gasteiger partial charge in [0, 0.05) is 25.2 Å². The van der Waals surface area contributed by atoms with E-state index >= 15 is 0 Å². The van der Waals surface area contributed by atoms with E-state index in [4.69, 9.17) is 4.42 Å². The van der Waals surface area contributed by atoms with Crippen molar-refractivity contribution in [1.82, 2.24) is 9.29 Å². The number of aromatic nitrogens is 1. The van der Waals surface area contributed by atoms with Gasteiger partial charge in [0.05, 0.1) is 4.90 Å². The van der Waals surface area contributed by atoms with Crippen LogP contribution in [0.25, 0.3) is 11.5 Å². The SMILES string of the molecule is CC1CCCN(S(=O)(=O)c2ccc(-c3nc(C#N)c(NCCc4ccccc4)o3)cc2)C1. The number of hydrogen-bond donors (Lipinski definition) is 1. The minimum Gasteiger partial charge on any atom is -0.419 e. The number of sulfonamides is 1. The van der Waals surface area contributed by atoms with Crippen LogP contribution in [0.2, 0.25) is 0 Å². The van der Waals surface area contributed by atoms with Crippen molar-refractivity contribution < 1.29 is 12.8 Å². The Balaban J connectivity index is 1.47. The average molecular weight is 451 g/mol. The van der Waals surface area contributed by atoms with Crippen LogP contribution in [0.15, 0.2) is 63.9 Å². The molecule has 2 aromatic carbocycles. The van der Waals surface area contributed by atoms with Crippen LogP contribution in [0.4, 0.5) is 5.88 Å². The van der Waals surface area contributed by atoms with E-state index < -0.39 is 10.0 Å². The van der Waals surface area contributed by atoms with E-state index in [2.05, 4.69) is 17.2 Å². The molecule has 1 fully saturated rings. The normalized spacial score (nSPS) is 17.1. The third-order valence-corrected chi connectivity index (χ3v) is 7.51. The lowest BCUT2D eigenvalue weighted by atomic mass is 10.0. The Morgan fingerprint density at radius 2 is 1.94 bits per heavy atom. The third-order valence-electron chi connectivity index (χ3n) is 5.63. The summed E-state index contributed by atoms with van der Waals surface area (Å²) < 4.78 is 33.2. The van der Waals surface area contributed by atoms with Crippen molar-refractivity contribution in [3.05, 3.63) is 65.9 Å². The molecule has 0 amide bonds. The lowest BCUT2D eigenvalue weighted by Gasteiger charge is -2.30. The van der Waals surface area contributed by atoms with Crippen molar-refractivity contribution in [2.24, 2.45) is 5.92 Å². The van der Waals surface area contributed by atoms with E-state index in [0.717, 1.165) is 19.3 Å². The van der Waals surface area contributed by atoms with Crippen molar-refractivity contribution in [1.29, 1.82) is 5.26 Å². The smallest absolute Gasteiger partial charge is 0.243 e. The number of hydrogen-bond acceptors (Lipinski definition) is 6. The van der Waals surface area contributed by atoms with E-state index in [1.807, 2.05) is 36.4 Å². The maximum atomic E-state index is 13.0. The highest BCUT2D eigenvalue weighted by molar-refractivity contribution is 7.89. The van der Waals surface area contributed by atoms with Crippen LogP contribution < -0.4 is 5.32 Å². The van der Waals surface area contributed by atoms with Crippen LogP contribution in [0, 0.1) is 17.2 Å². The first-order valence-corrected chi connectivity index (χ1v) is 12.2. The first kappa shape index (κ1) is 22.1. The summed E-state index contributed by atoms with van der Waals surface area (Å²) in [7, 11) is -3.52. The van der Waals surface area contributed by atoms with Gasteiger partial charge in [0.15, 0.2) is 0 Å². The van der Waals surface area contributed by atoms with Gasteiger partial charge in [-0.3, -0.25) is 0 Å². The standard InChI is InChI=1S/C24H26N4O3S/c1-18-6-5-15-28(17-18)32(29,30)21-11-9-20(10-12-21)23-27-22(16-25)24(31-23)26-14-13-19-7-3-2-4-8-19/h2-4,7-12,18,26H,5-6,13-15,17H2,1H3. The molecular formula is C24H26N4O3S. The molecule has 1 unspecified atom stereocenters. The van der Waals surface area contributed by atoms with Gasteiger partial charge in [-0.1, -0.05) is 37.3 Å². The lowest BCUT2D eigenvalue weighted by molar-refractivity contribution is 0.281. The molecule has 1 aliphatic heterocycles. The Labute approximate surface area is 188 Å². The van der Waals surface area contributed by atoms with E-state index in [1.54, 1.807) is 28.6 Å². The number of oxazole rings is 1. The first-order chi connectivity index (χ1) is 15.5. The Hall–Kier alpha value is -3.15. The first-order valence-electron chi connectivity index (χ1n) is 10.8. The van der Waals surface area contributed by atoms with Gasteiger partial charge in [-0.15, -0.1) is 0 Å². The molecular weight excluding hydrogens is 424 g/mol. The number of nitrogens with zero attached hydrogens (tertiary/aromatic N) is 3. The molecule has 4 rings (SSSR count). The van der Waals surface area contributed by atoms with Crippen LogP contribution in [0.3, 0.4) is 0 Å². The molecule has 0 saturated carbocycles. The summed E-state index contributed by atoms with van der Waals surface area (Å²) in [4.78, 5) is 4.52. The molecule has 0 spiro atoms. The molecule has 1 aliphatic rings. The quantitative estimate of drug-likeness (QED) is 0.576. The Bertz CT molecular complexity index is 1200. The molecule has 0 radical (unpaired) electrons. The Morgan fingerprint density at radius 3 is 2.62 bits per heavy atom. The predicted octanol–water partition coefficient (Wildman–Crippen LogP) is 4.29. The molecule has 3 aromatic rings. The zero-order valence-electron chi connectivity index (χ0n) is 18.0. The molecule has 1 atom stereocenters. The Kier molecular flexibility index (Phi) is 6.58. The van der Waals surface area contributed by atoms with Crippen molar-refractivity contribution in [2.75, 3.05) is 25.0 Å². The summed E-state index contributed by atoms with van der Waals surface area (Å²) in [5.41, 5.74) is 1.97. The molecule has 0 aliphatic carbocycles. The zero-order valence-corrected chi connectivity index (χ0v) is 18.8. The van der Waals surface area contributed by atoms with Gasteiger partial charge in [0.25, 0.3) is 0 Å². The zero-order chi connectivity index (χ0) is 22.6. The largest absolute Gasteiger partial charge is 0.419 e. The Morgan fingerprint density at radius 1 is 1.19 bits per heavy atom. The number of nitrogens with one attached hydrogen (secondary N) is 1. The summed E-state index contributed by atoms with van der Waals surface area (Å²) >= 11 is 0. The fourth-order valence-electron chi connectivity index (χ4n) is 3.89. The monoisotopic (exact) mass is 450 g/mol. The summed E-state index contributed by atoms with van der Waals surface area (Å²) in [6.45, 7) is 3.77. The van der Waals surface area contributed by atoms with Crippen molar-refractivity contribution in [3.8, 4) is 17.5 Å². The number of piperidine rings is 1. The van der Waals surface area contributed by atoms with Crippen LogP contribution in [-0.4, -0.2) is 37.3 Å². The number of anilines is 1. The number of nitriles is 1. The predicted molar refractivity (Wildman–Crippen MR) is 122 cm³/mol. The molecule has 2 heterocycles. The van der Waals surface area contributed by atoms with E-state index in [0.29, 0.717) is 37.0 Å². The summed E-state index contributed by atoms with van der Waals surface area (Å²) in [6, 6.07) is 18.5. The van der Waals surface area contributed by atoms with Gasteiger partial charge in [-0.05, 0) is 55.0 Å². The van der Waals surface area contributed by atoms with Crippen LogP contribution >= 0.6 is 0 Å². The average Bonchev–Trinajstić information content (AvgIpc) is 3.23. The maximum Gasteiger partial charge on any atom is 0.243 e. The number of rotatable bonds is 7. The number of benzene rings is 2. The second kappa shape index (κ2) is 9.55. The van der Waals surface area contributed by atoms with Gasteiger partial charge >= 0.3 is 0 Å². The second-order valence-corrected chi connectivity index (χ2v) is 10.0. The van der Waals surface area contributed by atoms with E-state index in [-0.39, 0.29) is 16.5 Å². The summed E-state index contributed by atoms with van der Waals surface area (Å²) in [5.74, 6) is 0.957. The van der Waals surface area contributed by atoms with E-state index in [9.17, 15) is 13.7 Å². The van der Waals surface area contributed by atoms with Crippen molar-refractivity contribution >= 4 is 15.9 Å².